The minimum atomic E-state index is -2.88. The van der Waals surface area contributed by atoms with Gasteiger partial charge in [-0.2, -0.15) is 8.78 Å². The van der Waals surface area contributed by atoms with E-state index in [-0.39, 0.29) is 11.7 Å². The Hall–Kier alpha value is -1.69. The summed E-state index contributed by atoms with van der Waals surface area (Å²) in [6, 6.07) is 6.62. The van der Waals surface area contributed by atoms with Crippen LogP contribution in [0.25, 0.3) is 0 Å². The molecule has 1 N–H and O–H groups in total. The van der Waals surface area contributed by atoms with Crippen molar-refractivity contribution in [3.05, 3.63) is 29.8 Å². The molecule has 1 aliphatic carbocycles. The molecule has 1 aliphatic heterocycles. The molecule has 0 bridgehead atoms. The minimum Gasteiger partial charge on any atom is -0.434 e. The lowest BCUT2D eigenvalue weighted by molar-refractivity contribution is -0.132. The van der Waals surface area contributed by atoms with Crippen molar-refractivity contribution in [2.75, 3.05) is 7.05 Å². The van der Waals surface area contributed by atoms with Gasteiger partial charge in [-0.1, -0.05) is 31.0 Å². The molecule has 3 rings (SSSR count). The summed E-state index contributed by atoms with van der Waals surface area (Å²) in [6.07, 6.45) is 3.18. The van der Waals surface area contributed by atoms with Crippen LogP contribution >= 0.6 is 0 Å². The van der Waals surface area contributed by atoms with E-state index in [1.165, 1.54) is 6.07 Å². The van der Waals surface area contributed by atoms with E-state index in [0.717, 1.165) is 25.7 Å². The van der Waals surface area contributed by atoms with E-state index < -0.39 is 18.3 Å². The zero-order valence-corrected chi connectivity index (χ0v) is 11.8. The lowest BCUT2D eigenvalue weighted by Crippen LogP contribution is -2.43. The van der Waals surface area contributed by atoms with E-state index in [0.29, 0.717) is 5.56 Å². The van der Waals surface area contributed by atoms with Crippen LogP contribution in [0.15, 0.2) is 24.3 Å². The first-order valence-electron chi connectivity index (χ1n) is 7.12. The molecule has 6 heteroatoms. The summed E-state index contributed by atoms with van der Waals surface area (Å²) in [7, 11) is 1.70. The molecule has 1 atom stereocenters. The third-order valence-corrected chi connectivity index (χ3v) is 4.42. The SMILES string of the molecule is CN1C(=O)C2(CCCC2)NC1c1ccccc1OC(F)F. The van der Waals surface area contributed by atoms with Gasteiger partial charge in [-0.15, -0.1) is 0 Å². The van der Waals surface area contributed by atoms with Gasteiger partial charge in [-0.25, -0.2) is 0 Å². The number of ether oxygens (including phenoxy) is 1. The normalized spacial score (nSPS) is 24.3. The van der Waals surface area contributed by atoms with Crippen LogP contribution in [0.3, 0.4) is 0 Å². The molecule has 21 heavy (non-hydrogen) atoms. The summed E-state index contributed by atoms with van der Waals surface area (Å²) in [5.41, 5.74) is 0.0367. The second-order valence-electron chi connectivity index (χ2n) is 5.67. The van der Waals surface area contributed by atoms with Gasteiger partial charge in [0.05, 0.1) is 5.54 Å². The van der Waals surface area contributed by atoms with Crippen molar-refractivity contribution in [2.24, 2.45) is 0 Å². The van der Waals surface area contributed by atoms with Gasteiger partial charge in [0.2, 0.25) is 5.91 Å². The van der Waals surface area contributed by atoms with Crippen LogP contribution in [0, 0.1) is 0 Å². The number of rotatable bonds is 3. The van der Waals surface area contributed by atoms with Crippen LogP contribution in [0.5, 0.6) is 5.75 Å². The van der Waals surface area contributed by atoms with Crippen LogP contribution in [-0.4, -0.2) is 30.0 Å². The lowest BCUT2D eigenvalue weighted by atomic mass is 9.98. The smallest absolute Gasteiger partial charge is 0.387 e. The molecular formula is C15H18F2N2O2. The van der Waals surface area contributed by atoms with Gasteiger partial charge < -0.3 is 9.64 Å². The highest BCUT2D eigenvalue weighted by atomic mass is 19.3. The number of carbonyl (C=O) groups is 1. The molecule has 4 nitrogen and oxygen atoms in total. The van der Waals surface area contributed by atoms with Gasteiger partial charge in [0.25, 0.3) is 0 Å². The fraction of sp³-hybridized carbons (Fsp3) is 0.533. The molecule has 1 saturated heterocycles. The average molecular weight is 296 g/mol. The standard InChI is InChI=1S/C15H18F2N2O2/c1-19-12(18-15(13(19)20)8-4-5-9-15)10-6-2-3-7-11(10)21-14(16)17/h2-3,6-7,12,14,18H,4-5,8-9H2,1H3. The van der Waals surface area contributed by atoms with Gasteiger partial charge in [0, 0.05) is 12.6 Å². The Morgan fingerprint density at radius 2 is 2.00 bits per heavy atom. The number of hydrogen-bond donors (Lipinski definition) is 1. The third kappa shape index (κ3) is 2.37. The van der Waals surface area contributed by atoms with Gasteiger partial charge in [0.15, 0.2) is 0 Å². The largest absolute Gasteiger partial charge is 0.434 e. The number of carbonyl (C=O) groups excluding carboxylic acids is 1. The molecule has 1 aromatic rings. The molecule has 2 aliphatic rings. The van der Waals surface area contributed by atoms with E-state index in [4.69, 9.17) is 0 Å². The van der Waals surface area contributed by atoms with Crippen LogP contribution in [0.4, 0.5) is 8.78 Å². The Morgan fingerprint density at radius 1 is 1.33 bits per heavy atom. The number of benzene rings is 1. The number of alkyl halides is 2. The first-order valence-corrected chi connectivity index (χ1v) is 7.12. The van der Waals surface area contributed by atoms with Crippen molar-refractivity contribution in [1.82, 2.24) is 10.2 Å². The van der Waals surface area contributed by atoms with Gasteiger partial charge in [0.1, 0.15) is 11.9 Å². The monoisotopic (exact) mass is 296 g/mol. The fourth-order valence-corrected chi connectivity index (χ4v) is 3.41. The summed E-state index contributed by atoms with van der Waals surface area (Å²) in [5.74, 6) is 0.150. The quantitative estimate of drug-likeness (QED) is 0.932. The molecule has 0 radical (unpaired) electrons. The van der Waals surface area contributed by atoms with Crippen LogP contribution in [-0.2, 0) is 4.79 Å². The van der Waals surface area contributed by atoms with Crippen molar-refractivity contribution < 1.29 is 18.3 Å². The van der Waals surface area contributed by atoms with E-state index in [9.17, 15) is 13.6 Å². The molecule has 0 aromatic heterocycles. The predicted octanol–water partition coefficient (Wildman–Crippen LogP) is 2.66. The Balaban J connectivity index is 1.92. The number of likely N-dealkylation sites (N-methyl/N-ethyl adjacent to an activating group) is 1. The minimum absolute atomic E-state index is 0.0388. The van der Waals surface area contributed by atoms with E-state index in [1.807, 2.05) is 0 Å². The first kappa shape index (κ1) is 14.3. The Labute approximate surface area is 122 Å². The van der Waals surface area contributed by atoms with Crippen molar-refractivity contribution in [2.45, 2.75) is 44.0 Å². The molecule has 1 spiro atoms. The summed E-state index contributed by atoms with van der Waals surface area (Å²) in [5, 5.41) is 3.35. The second kappa shape index (κ2) is 5.26. The Morgan fingerprint density at radius 3 is 2.67 bits per heavy atom. The molecule has 2 fully saturated rings. The Bertz CT molecular complexity index is 544. The lowest BCUT2D eigenvalue weighted by Gasteiger charge is -2.23. The van der Waals surface area contributed by atoms with Gasteiger partial charge >= 0.3 is 6.61 Å². The van der Waals surface area contributed by atoms with Crippen molar-refractivity contribution >= 4 is 5.91 Å². The topological polar surface area (TPSA) is 41.6 Å². The van der Waals surface area contributed by atoms with E-state index in [2.05, 4.69) is 10.1 Å². The molecule has 1 unspecified atom stereocenters. The van der Waals surface area contributed by atoms with Crippen LogP contribution < -0.4 is 10.1 Å². The molecule has 1 saturated carbocycles. The number of para-hydroxylation sites is 1. The summed E-state index contributed by atoms with van der Waals surface area (Å²) >= 11 is 0. The molecule has 1 aromatic carbocycles. The summed E-state index contributed by atoms with van der Waals surface area (Å²) in [6.45, 7) is -2.88. The predicted molar refractivity (Wildman–Crippen MR) is 72.9 cm³/mol. The number of nitrogens with zero attached hydrogens (tertiary/aromatic N) is 1. The van der Waals surface area contributed by atoms with E-state index >= 15 is 0 Å². The van der Waals surface area contributed by atoms with Crippen LogP contribution in [0.2, 0.25) is 0 Å². The zero-order valence-electron chi connectivity index (χ0n) is 11.8. The van der Waals surface area contributed by atoms with Crippen LogP contribution in [0.1, 0.15) is 37.4 Å². The summed E-state index contributed by atoms with van der Waals surface area (Å²) < 4.78 is 29.6. The zero-order chi connectivity index (χ0) is 15.0. The molecule has 1 heterocycles. The molecule has 1 amide bonds. The maximum absolute atomic E-state index is 12.5. The number of hydrogen-bond acceptors (Lipinski definition) is 3. The van der Waals surface area contributed by atoms with Gasteiger partial charge in [-0.3, -0.25) is 10.1 Å². The van der Waals surface area contributed by atoms with Crippen molar-refractivity contribution in [3.8, 4) is 5.75 Å². The Kier molecular flexibility index (Phi) is 3.57. The van der Waals surface area contributed by atoms with Gasteiger partial charge in [-0.05, 0) is 18.9 Å². The number of halogens is 2. The highest BCUT2D eigenvalue weighted by Gasteiger charge is 2.51. The maximum atomic E-state index is 12.5. The van der Waals surface area contributed by atoms with Crippen molar-refractivity contribution in [3.63, 3.8) is 0 Å². The van der Waals surface area contributed by atoms with Crippen molar-refractivity contribution in [1.29, 1.82) is 0 Å². The number of nitrogens with one attached hydrogen (secondary N) is 1. The highest BCUT2D eigenvalue weighted by Crippen LogP contribution is 2.42. The maximum Gasteiger partial charge on any atom is 0.387 e. The third-order valence-electron chi connectivity index (χ3n) is 4.42. The first-order chi connectivity index (χ1) is 10.0. The summed E-state index contributed by atoms with van der Waals surface area (Å²) in [4.78, 5) is 14.1. The number of amides is 1. The fourth-order valence-electron chi connectivity index (χ4n) is 3.41. The second-order valence-corrected chi connectivity index (χ2v) is 5.67. The average Bonchev–Trinajstić information content (AvgIpc) is 3.01. The van der Waals surface area contributed by atoms with E-state index in [1.54, 1.807) is 30.1 Å². The molecular weight excluding hydrogens is 278 g/mol. The molecule has 114 valence electrons. The highest BCUT2D eigenvalue weighted by molar-refractivity contribution is 5.89.